The van der Waals surface area contributed by atoms with Gasteiger partial charge in [0.1, 0.15) is 0 Å². The maximum Gasteiger partial charge on any atom is 0.307 e. The number of anilines is 1. The van der Waals surface area contributed by atoms with Crippen LogP contribution in [0.2, 0.25) is 0 Å². The van der Waals surface area contributed by atoms with Crippen molar-refractivity contribution in [1.29, 1.82) is 0 Å². The summed E-state index contributed by atoms with van der Waals surface area (Å²) in [5, 5.41) is 3.12. The number of carbonyl (C=O) groups is 1. The van der Waals surface area contributed by atoms with E-state index in [0.29, 0.717) is 19.6 Å². The molecule has 0 aliphatic carbocycles. The van der Waals surface area contributed by atoms with E-state index in [-0.39, 0.29) is 5.97 Å². The van der Waals surface area contributed by atoms with Crippen LogP contribution in [0.3, 0.4) is 0 Å². The van der Waals surface area contributed by atoms with Crippen molar-refractivity contribution in [2.75, 3.05) is 18.5 Å². The number of nitrogens with one attached hydrogen (secondary N) is 1. The molecule has 16 heavy (non-hydrogen) atoms. The van der Waals surface area contributed by atoms with Crippen molar-refractivity contribution < 1.29 is 9.53 Å². The van der Waals surface area contributed by atoms with E-state index < -0.39 is 0 Å². The van der Waals surface area contributed by atoms with E-state index >= 15 is 0 Å². The zero-order chi connectivity index (χ0) is 12.0. The second-order valence-corrected chi connectivity index (χ2v) is 4.25. The molecule has 5 heteroatoms. The van der Waals surface area contributed by atoms with Gasteiger partial charge in [-0.25, -0.2) is 0 Å². The van der Waals surface area contributed by atoms with E-state index in [1.54, 1.807) is 6.92 Å². The minimum absolute atomic E-state index is 0.192. The highest BCUT2D eigenvalue weighted by Crippen LogP contribution is 2.19. The van der Waals surface area contributed by atoms with E-state index in [1.807, 2.05) is 18.2 Å². The Labute approximate surface area is 106 Å². The highest BCUT2D eigenvalue weighted by atomic mass is 32.1. The molecule has 0 fully saturated rings. The summed E-state index contributed by atoms with van der Waals surface area (Å²) >= 11 is 8.48. The molecule has 1 aromatic carbocycles. The van der Waals surface area contributed by atoms with Crippen LogP contribution in [0.1, 0.15) is 13.3 Å². The predicted octanol–water partition coefficient (Wildman–Crippen LogP) is 2.63. The van der Waals surface area contributed by atoms with Crippen molar-refractivity contribution in [3.63, 3.8) is 0 Å². The Morgan fingerprint density at radius 2 is 1.94 bits per heavy atom. The average Bonchev–Trinajstić information content (AvgIpc) is 2.16. The van der Waals surface area contributed by atoms with E-state index in [9.17, 15) is 4.79 Å². The largest absolute Gasteiger partial charge is 0.466 e. The van der Waals surface area contributed by atoms with Gasteiger partial charge in [-0.1, -0.05) is 0 Å². The fourth-order valence-electron chi connectivity index (χ4n) is 1.24. The molecule has 0 atom stereocenters. The fourth-order valence-corrected chi connectivity index (χ4v) is 1.90. The second-order valence-electron chi connectivity index (χ2n) is 3.22. The van der Waals surface area contributed by atoms with Crippen LogP contribution < -0.4 is 5.32 Å². The molecule has 0 saturated carbocycles. The lowest BCUT2D eigenvalue weighted by Crippen LogP contribution is -2.11. The first-order chi connectivity index (χ1) is 7.61. The zero-order valence-electron chi connectivity index (χ0n) is 9.06. The van der Waals surface area contributed by atoms with Gasteiger partial charge in [0.05, 0.1) is 13.0 Å². The highest BCUT2D eigenvalue weighted by molar-refractivity contribution is 7.81. The lowest BCUT2D eigenvalue weighted by molar-refractivity contribution is -0.142. The van der Waals surface area contributed by atoms with Gasteiger partial charge in [-0.3, -0.25) is 4.79 Å². The molecule has 0 unspecified atom stereocenters. The van der Waals surface area contributed by atoms with E-state index in [4.69, 9.17) is 4.74 Å². The van der Waals surface area contributed by atoms with Gasteiger partial charge in [0, 0.05) is 22.0 Å². The van der Waals surface area contributed by atoms with Crippen LogP contribution in [0.5, 0.6) is 0 Å². The number of ether oxygens (including phenoxy) is 1. The van der Waals surface area contributed by atoms with Gasteiger partial charge < -0.3 is 10.1 Å². The summed E-state index contributed by atoms with van der Waals surface area (Å²) in [6, 6.07) is 5.62. The summed E-state index contributed by atoms with van der Waals surface area (Å²) in [4.78, 5) is 12.8. The Morgan fingerprint density at radius 1 is 1.31 bits per heavy atom. The summed E-state index contributed by atoms with van der Waals surface area (Å²) in [7, 11) is 0. The molecule has 3 nitrogen and oxygen atoms in total. The molecule has 0 aliphatic rings. The van der Waals surface area contributed by atoms with Gasteiger partial charge in [-0.05, 0) is 25.1 Å². The van der Waals surface area contributed by atoms with Crippen molar-refractivity contribution in [1.82, 2.24) is 0 Å². The molecular formula is C11H15NO2S2. The van der Waals surface area contributed by atoms with Crippen LogP contribution in [0, 0.1) is 0 Å². The van der Waals surface area contributed by atoms with Gasteiger partial charge in [0.15, 0.2) is 0 Å². The molecule has 0 aromatic heterocycles. The molecule has 0 bridgehead atoms. The lowest BCUT2D eigenvalue weighted by atomic mass is 10.3. The number of hydrogen-bond donors (Lipinski definition) is 3. The Balaban J connectivity index is 2.40. The van der Waals surface area contributed by atoms with E-state index in [2.05, 4.69) is 30.6 Å². The Morgan fingerprint density at radius 3 is 2.50 bits per heavy atom. The second kappa shape index (κ2) is 6.70. The number of hydrogen-bond acceptors (Lipinski definition) is 5. The van der Waals surface area contributed by atoms with Gasteiger partial charge in [0.2, 0.25) is 0 Å². The summed E-state index contributed by atoms with van der Waals surface area (Å²) in [5.74, 6) is -0.192. The molecule has 0 spiro atoms. The molecule has 1 N–H and O–H groups in total. The third kappa shape index (κ3) is 4.81. The van der Waals surface area contributed by atoms with Crippen molar-refractivity contribution in [2.24, 2.45) is 0 Å². The van der Waals surface area contributed by atoms with Crippen LogP contribution in [-0.4, -0.2) is 19.1 Å². The minimum atomic E-state index is -0.192. The van der Waals surface area contributed by atoms with Gasteiger partial charge in [0.25, 0.3) is 0 Å². The Bertz CT molecular complexity index is 349. The van der Waals surface area contributed by atoms with Crippen LogP contribution in [0.4, 0.5) is 5.69 Å². The summed E-state index contributed by atoms with van der Waals surface area (Å²) in [6.45, 7) is 2.76. The lowest BCUT2D eigenvalue weighted by Gasteiger charge is -2.07. The summed E-state index contributed by atoms with van der Waals surface area (Å²) < 4.78 is 4.82. The number of benzene rings is 1. The van der Waals surface area contributed by atoms with Crippen molar-refractivity contribution in [3.8, 4) is 0 Å². The molecule has 0 aliphatic heterocycles. The predicted molar refractivity (Wildman–Crippen MR) is 70.7 cm³/mol. The van der Waals surface area contributed by atoms with Crippen molar-refractivity contribution in [3.05, 3.63) is 18.2 Å². The van der Waals surface area contributed by atoms with Gasteiger partial charge in [-0.2, -0.15) is 0 Å². The van der Waals surface area contributed by atoms with E-state index in [1.165, 1.54) is 0 Å². The first-order valence-corrected chi connectivity index (χ1v) is 5.93. The highest BCUT2D eigenvalue weighted by Gasteiger charge is 2.01. The maximum absolute atomic E-state index is 11.1. The third-order valence-electron chi connectivity index (χ3n) is 1.87. The normalized spacial score (nSPS) is 9.94. The third-order valence-corrected chi connectivity index (χ3v) is 2.38. The Kier molecular flexibility index (Phi) is 5.55. The minimum Gasteiger partial charge on any atom is -0.466 e. The Hall–Kier alpha value is -0.810. The SMILES string of the molecule is CCOC(=O)CCNc1cc(S)cc(S)c1. The van der Waals surface area contributed by atoms with E-state index in [0.717, 1.165) is 15.5 Å². The summed E-state index contributed by atoms with van der Waals surface area (Å²) in [6.07, 6.45) is 0.354. The molecule has 0 radical (unpaired) electrons. The number of rotatable bonds is 5. The molecule has 0 amide bonds. The monoisotopic (exact) mass is 257 g/mol. The molecule has 0 saturated heterocycles. The van der Waals surface area contributed by atoms with Crippen LogP contribution in [-0.2, 0) is 9.53 Å². The molecule has 88 valence electrons. The standard InChI is InChI=1S/C11H15NO2S2/c1-2-14-11(13)3-4-12-8-5-9(15)7-10(16)6-8/h5-7,12,15-16H,2-4H2,1H3. The number of thiol groups is 2. The van der Waals surface area contributed by atoms with Gasteiger partial charge in [-0.15, -0.1) is 25.3 Å². The smallest absolute Gasteiger partial charge is 0.307 e. The van der Waals surface area contributed by atoms with Crippen LogP contribution in [0.15, 0.2) is 28.0 Å². The average molecular weight is 257 g/mol. The molecule has 0 heterocycles. The van der Waals surface area contributed by atoms with Gasteiger partial charge >= 0.3 is 5.97 Å². The zero-order valence-corrected chi connectivity index (χ0v) is 10.9. The van der Waals surface area contributed by atoms with Crippen LogP contribution >= 0.6 is 25.3 Å². The molecule has 1 rings (SSSR count). The number of esters is 1. The van der Waals surface area contributed by atoms with Crippen LogP contribution in [0.25, 0.3) is 0 Å². The quantitative estimate of drug-likeness (QED) is 0.561. The van der Waals surface area contributed by atoms with Crippen molar-refractivity contribution in [2.45, 2.75) is 23.1 Å². The van der Waals surface area contributed by atoms with Crippen molar-refractivity contribution >= 4 is 36.9 Å². The molecule has 1 aromatic rings. The summed E-state index contributed by atoms with van der Waals surface area (Å²) in [5.41, 5.74) is 0.904. The topological polar surface area (TPSA) is 38.3 Å². The fraction of sp³-hybridized carbons (Fsp3) is 0.364. The first-order valence-electron chi connectivity index (χ1n) is 5.04. The molecular weight excluding hydrogens is 242 g/mol. The maximum atomic E-state index is 11.1. The number of carbonyl (C=O) groups excluding carboxylic acids is 1. The first kappa shape index (κ1) is 13.3.